The van der Waals surface area contributed by atoms with Gasteiger partial charge in [0, 0.05) is 19.3 Å². The van der Waals surface area contributed by atoms with Crippen LogP contribution in [0.2, 0.25) is 0 Å². The minimum Gasteiger partial charge on any atom is -0.462 e. The quantitative estimate of drug-likeness (QED) is 0.0201. The van der Waals surface area contributed by atoms with Crippen LogP contribution >= 0.6 is 0 Å². The van der Waals surface area contributed by atoms with Gasteiger partial charge in [0.2, 0.25) is 0 Å². The number of carbonyl (C=O) groups excluding carboxylic acids is 3. The van der Waals surface area contributed by atoms with Crippen LogP contribution in [0.5, 0.6) is 0 Å². The Kier molecular flexibility index (Phi) is 44.2. The molecule has 336 valence electrons. The fourth-order valence-corrected chi connectivity index (χ4v) is 5.86. The minimum absolute atomic E-state index is 0.121. The van der Waals surface area contributed by atoms with Crippen molar-refractivity contribution in [3.63, 3.8) is 0 Å². The maximum Gasteiger partial charge on any atom is 0.306 e. The number of unbranched alkanes of at least 4 members (excludes halogenated alkanes) is 13. The van der Waals surface area contributed by atoms with E-state index in [2.05, 4.69) is 81.5 Å². The molecule has 0 saturated heterocycles. The molecule has 0 aliphatic heterocycles. The molecule has 0 aliphatic rings. The summed E-state index contributed by atoms with van der Waals surface area (Å²) in [6, 6.07) is 0. The van der Waals surface area contributed by atoms with Gasteiger partial charge >= 0.3 is 17.9 Å². The third-order valence-electron chi connectivity index (χ3n) is 9.35. The molecule has 0 bridgehead atoms. The smallest absolute Gasteiger partial charge is 0.306 e. The second-order valence-corrected chi connectivity index (χ2v) is 15.0. The number of hydrogen-bond acceptors (Lipinski definition) is 6. The minimum atomic E-state index is -0.830. The lowest BCUT2D eigenvalue weighted by Crippen LogP contribution is -2.30. The van der Waals surface area contributed by atoms with E-state index in [0.29, 0.717) is 19.3 Å². The topological polar surface area (TPSA) is 78.9 Å². The van der Waals surface area contributed by atoms with E-state index in [4.69, 9.17) is 14.2 Å². The zero-order chi connectivity index (χ0) is 43.7. The summed E-state index contributed by atoms with van der Waals surface area (Å²) in [5, 5.41) is 0. The molecule has 0 radical (unpaired) electrons. The van der Waals surface area contributed by atoms with Crippen LogP contribution in [0.3, 0.4) is 0 Å². The third kappa shape index (κ3) is 44.9. The Bertz CT molecular complexity index is 1320. The highest BCUT2D eigenvalue weighted by Crippen LogP contribution is 2.13. The first-order valence-corrected chi connectivity index (χ1v) is 23.6. The summed E-state index contributed by atoms with van der Waals surface area (Å²) in [7, 11) is 0. The number of allylic oxidation sites excluding steroid dienone is 20. The molecule has 1 unspecified atom stereocenters. The van der Waals surface area contributed by atoms with Crippen molar-refractivity contribution in [3.8, 4) is 0 Å². The summed E-state index contributed by atoms with van der Waals surface area (Å²) in [6.07, 6.45) is 64.7. The zero-order valence-electron chi connectivity index (χ0n) is 38.2. The van der Waals surface area contributed by atoms with Crippen LogP contribution in [-0.4, -0.2) is 37.2 Å². The molecular weight excluding hydrogens is 745 g/mol. The van der Waals surface area contributed by atoms with Crippen molar-refractivity contribution in [2.75, 3.05) is 13.2 Å². The molecule has 0 rings (SSSR count). The number of hydrogen-bond donors (Lipinski definition) is 0. The number of ether oxygens (including phenoxy) is 3. The summed E-state index contributed by atoms with van der Waals surface area (Å²) in [5.41, 5.74) is 0. The molecule has 0 aromatic heterocycles. The van der Waals surface area contributed by atoms with Gasteiger partial charge in [-0.15, -0.1) is 0 Å². The molecule has 0 amide bonds. The second kappa shape index (κ2) is 47.5. The molecule has 6 nitrogen and oxygen atoms in total. The number of esters is 3. The van der Waals surface area contributed by atoms with Crippen LogP contribution in [-0.2, 0) is 28.6 Å². The van der Waals surface area contributed by atoms with Crippen LogP contribution in [0.1, 0.15) is 181 Å². The average Bonchev–Trinajstić information content (AvgIpc) is 3.24. The van der Waals surface area contributed by atoms with E-state index < -0.39 is 6.10 Å². The summed E-state index contributed by atoms with van der Waals surface area (Å²) in [6.45, 7) is 6.24. The first kappa shape index (κ1) is 55.8. The van der Waals surface area contributed by atoms with E-state index in [1.54, 1.807) is 0 Å². The van der Waals surface area contributed by atoms with Gasteiger partial charge in [-0.1, -0.05) is 213 Å². The standard InChI is InChI=1S/C54H84O6/c1-4-7-10-13-16-19-22-24-26-28-29-32-35-38-41-44-47-53(56)59-50-51(49-58-52(55)46-43-40-37-34-31-21-18-15-12-9-6-3)60-54(57)48-45-42-39-36-33-30-27-25-23-20-17-14-11-8-5-2/h7-8,10-11,14,16-17,19-20,23-27,29-30,32-33,38,41,51H,4-6,9,12-13,15,18,21-22,28,31,34-37,39-40,42-50H2,1-3H3/b10-7-,11-8-,17-14-,19-16-,23-20-,26-24-,27-25-,32-29-,33-30-,41-38-. The molecule has 1 atom stereocenters. The highest BCUT2D eigenvalue weighted by Gasteiger charge is 2.19. The molecule has 60 heavy (non-hydrogen) atoms. The van der Waals surface area contributed by atoms with Gasteiger partial charge in [-0.2, -0.15) is 0 Å². The Morgan fingerprint density at radius 3 is 1.28 bits per heavy atom. The van der Waals surface area contributed by atoms with Gasteiger partial charge in [0.05, 0.1) is 0 Å². The van der Waals surface area contributed by atoms with E-state index in [1.807, 2.05) is 60.8 Å². The van der Waals surface area contributed by atoms with Crippen LogP contribution in [0.4, 0.5) is 0 Å². The lowest BCUT2D eigenvalue weighted by atomic mass is 10.1. The van der Waals surface area contributed by atoms with E-state index in [9.17, 15) is 14.4 Å². The van der Waals surface area contributed by atoms with Crippen molar-refractivity contribution in [2.45, 2.75) is 187 Å². The monoisotopic (exact) mass is 829 g/mol. The summed E-state index contributed by atoms with van der Waals surface area (Å²) < 4.78 is 16.6. The van der Waals surface area contributed by atoms with Gasteiger partial charge in [0.1, 0.15) is 13.2 Å². The molecule has 0 aliphatic carbocycles. The fourth-order valence-electron chi connectivity index (χ4n) is 5.86. The first-order chi connectivity index (χ1) is 29.5. The molecular formula is C54H84O6. The predicted octanol–water partition coefficient (Wildman–Crippen LogP) is 15.4. The molecule has 0 spiro atoms. The Morgan fingerprint density at radius 1 is 0.367 bits per heavy atom. The van der Waals surface area contributed by atoms with E-state index in [0.717, 1.165) is 77.0 Å². The van der Waals surface area contributed by atoms with E-state index in [1.165, 1.54) is 51.4 Å². The molecule has 0 aromatic rings. The first-order valence-electron chi connectivity index (χ1n) is 23.6. The van der Waals surface area contributed by atoms with Crippen molar-refractivity contribution < 1.29 is 28.6 Å². The van der Waals surface area contributed by atoms with Gasteiger partial charge in [-0.3, -0.25) is 14.4 Å². The van der Waals surface area contributed by atoms with Crippen molar-refractivity contribution in [3.05, 3.63) is 122 Å². The van der Waals surface area contributed by atoms with E-state index in [-0.39, 0.29) is 44.0 Å². The van der Waals surface area contributed by atoms with Gasteiger partial charge in [-0.05, 0) is 70.6 Å². The SMILES string of the molecule is CC\C=C/C=C\C=C/C=C\C=C/CCCCCC(=O)OC(COC(=O)CC/C=C\C/C=C\C/C=C\C/C=C\C/C=C\CC)COC(=O)CCCCCCCCCCCCC. The lowest BCUT2D eigenvalue weighted by Gasteiger charge is -2.18. The average molecular weight is 829 g/mol. The van der Waals surface area contributed by atoms with Crippen molar-refractivity contribution >= 4 is 17.9 Å². The maximum absolute atomic E-state index is 12.7. The molecule has 0 saturated carbocycles. The third-order valence-corrected chi connectivity index (χ3v) is 9.35. The van der Waals surface area contributed by atoms with Gasteiger partial charge in [-0.25, -0.2) is 0 Å². The van der Waals surface area contributed by atoms with Gasteiger partial charge in [0.15, 0.2) is 6.10 Å². The lowest BCUT2D eigenvalue weighted by molar-refractivity contribution is -0.166. The van der Waals surface area contributed by atoms with Crippen molar-refractivity contribution in [2.24, 2.45) is 0 Å². The highest BCUT2D eigenvalue weighted by molar-refractivity contribution is 5.71. The molecule has 0 aromatic carbocycles. The van der Waals surface area contributed by atoms with Crippen LogP contribution < -0.4 is 0 Å². The summed E-state index contributed by atoms with van der Waals surface area (Å²) in [5.74, 6) is -1.06. The maximum atomic E-state index is 12.7. The fraction of sp³-hybridized carbons (Fsp3) is 0.574. The van der Waals surface area contributed by atoms with Crippen LogP contribution in [0.25, 0.3) is 0 Å². The highest BCUT2D eigenvalue weighted by atomic mass is 16.6. The second-order valence-electron chi connectivity index (χ2n) is 15.0. The van der Waals surface area contributed by atoms with Crippen LogP contribution in [0.15, 0.2) is 122 Å². The van der Waals surface area contributed by atoms with Crippen molar-refractivity contribution in [1.29, 1.82) is 0 Å². The zero-order valence-corrected chi connectivity index (χ0v) is 38.2. The summed E-state index contributed by atoms with van der Waals surface area (Å²) in [4.78, 5) is 37.8. The molecule has 6 heteroatoms. The number of carbonyl (C=O) groups is 3. The van der Waals surface area contributed by atoms with Crippen LogP contribution in [0, 0.1) is 0 Å². The van der Waals surface area contributed by atoms with Gasteiger partial charge in [0.25, 0.3) is 0 Å². The normalized spacial score (nSPS) is 13.2. The largest absolute Gasteiger partial charge is 0.462 e. The molecule has 0 heterocycles. The molecule has 0 N–H and O–H groups in total. The Morgan fingerprint density at radius 2 is 0.767 bits per heavy atom. The van der Waals surface area contributed by atoms with Crippen molar-refractivity contribution in [1.82, 2.24) is 0 Å². The Balaban J connectivity index is 4.60. The Labute approximate surface area is 367 Å². The summed E-state index contributed by atoms with van der Waals surface area (Å²) >= 11 is 0. The molecule has 0 fully saturated rings. The Hall–Kier alpha value is -4.19. The van der Waals surface area contributed by atoms with E-state index >= 15 is 0 Å². The predicted molar refractivity (Wildman–Crippen MR) is 256 cm³/mol. The number of rotatable bonds is 40. The van der Waals surface area contributed by atoms with Gasteiger partial charge < -0.3 is 14.2 Å².